The highest BCUT2D eigenvalue weighted by Gasteiger charge is 2.07. The minimum absolute atomic E-state index is 0.123. The molecule has 0 aliphatic rings. The number of amides is 1. The zero-order valence-electron chi connectivity index (χ0n) is 9.37. The first-order valence-electron chi connectivity index (χ1n) is 5.07. The molecule has 0 aliphatic carbocycles. The molecular formula is C12H13F2NOS. The molecule has 1 amide bonds. The van der Waals surface area contributed by atoms with E-state index in [0.717, 1.165) is 24.0 Å². The van der Waals surface area contributed by atoms with Crippen molar-refractivity contribution in [3.63, 3.8) is 0 Å². The zero-order chi connectivity index (χ0) is 12.7. The van der Waals surface area contributed by atoms with Crippen LogP contribution >= 0.6 is 11.8 Å². The molecule has 0 radical (unpaired) electrons. The smallest absolute Gasteiger partial charge is 0.234 e. The Kier molecular flexibility index (Phi) is 5.69. The van der Waals surface area contributed by atoms with E-state index in [1.165, 1.54) is 11.8 Å². The maximum Gasteiger partial charge on any atom is 0.234 e. The summed E-state index contributed by atoms with van der Waals surface area (Å²) >= 11 is 1.40. The molecule has 0 atom stereocenters. The Bertz CT molecular complexity index is 421. The number of nitrogens with one attached hydrogen (secondary N) is 1. The number of allylic oxidation sites excluding steroid dienone is 1. The summed E-state index contributed by atoms with van der Waals surface area (Å²) in [6.07, 6.45) is 3.80. The number of hydrogen-bond acceptors (Lipinski definition) is 2. The highest BCUT2D eigenvalue weighted by atomic mass is 32.2. The number of rotatable bonds is 5. The number of carbonyl (C=O) groups excluding carboxylic acids is 1. The molecule has 2 nitrogen and oxygen atoms in total. The molecule has 1 aromatic carbocycles. The number of benzene rings is 1. The Morgan fingerprint density at radius 2 is 2.24 bits per heavy atom. The lowest BCUT2D eigenvalue weighted by molar-refractivity contribution is -0.113. The Labute approximate surface area is 103 Å². The van der Waals surface area contributed by atoms with Gasteiger partial charge in [0.15, 0.2) is 0 Å². The van der Waals surface area contributed by atoms with Gasteiger partial charge in [-0.3, -0.25) is 4.79 Å². The van der Waals surface area contributed by atoms with E-state index < -0.39 is 11.6 Å². The van der Waals surface area contributed by atoms with Crippen molar-refractivity contribution in [3.05, 3.63) is 42.0 Å². The van der Waals surface area contributed by atoms with Crippen LogP contribution in [0, 0.1) is 11.6 Å². The predicted molar refractivity (Wildman–Crippen MR) is 67.1 cm³/mol. The van der Waals surface area contributed by atoms with Crippen LogP contribution in [0.15, 0.2) is 30.4 Å². The molecular weight excluding hydrogens is 244 g/mol. The van der Waals surface area contributed by atoms with Gasteiger partial charge >= 0.3 is 0 Å². The van der Waals surface area contributed by atoms with Gasteiger partial charge in [-0.15, -0.1) is 11.8 Å². The summed E-state index contributed by atoms with van der Waals surface area (Å²) in [7, 11) is 0. The third kappa shape index (κ3) is 4.99. The third-order valence-corrected chi connectivity index (χ3v) is 2.78. The molecule has 0 aromatic heterocycles. The number of hydrogen-bond donors (Lipinski definition) is 1. The molecule has 0 unspecified atom stereocenters. The average molecular weight is 257 g/mol. The molecule has 0 spiro atoms. The van der Waals surface area contributed by atoms with E-state index in [2.05, 4.69) is 5.32 Å². The quantitative estimate of drug-likeness (QED) is 0.648. The van der Waals surface area contributed by atoms with E-state index >= 15 is 0 Å². The molecule has 0 bridgehead atoms. The van der Waals surface area contributed by atoms with Crippen molar-refractivity contribution in [1.29, 1.82) is 0 Å². The van der Waals surface area contributed by atoms with Gasteiger partial charge in [0.1, 0.15) is 11.6 Å². The van der Waals surface area contributed by atoms with E-state index in [1.807, 2.05) is 19.1 Å². The summed E-state index contributed by atoms with van der Waals surface area (Å²) in [4.78, 5) is 11.4. The van der Waals surface area contributed by atoms with Gasteiger partial charge < -0.3 is 5.32 Å². The number of halogens is 2. The summed E-state index contributed by atoms with van der Waals surface area (Å²) < 4.78 is 26.0. The van der Waals surface area contributed by atoms with Gasteiger partial charge in [-0.05, 0) is 19.1 Å². The fourth-order valence-corrected chi connectivity index (χ4v) is 1.80. The monoisotopic (exact) mass is 257 g/mol. The van der Waals surface area contributed by atoms with Crippen molar-refractivity contribution in [3.8, 4) is 0 Å². The number of thioether (sulfide) groups is 1. The second-order valence-electron chi connectivity index (χ2n) is 3.26. The predicted octanol–water partition coefficient (Wildman–Crippen LogP) is 3.21. The molecule has 92 valence electrons. The lowest BCUT2D eigenvalue weighted by Gasteiger charge is -2.05. The van der Waals surface area contributed by atoms with Gasteiger partial charge in [0.05, 0.1) is 11.4 Å². The third-order valence-electron chi connectivity index (χ3n) is 1.89. The van der Waals surface area contributed by atoms with Crippen LogP contribution in [0.25, 0.3) is 0 Å². The van der Waals surface area contributed by atoms with Crippen molar-refractivity contribution < 1.29 is 13.6 Å². The maximum atomic E-state index is 13.2. The number of anilines is 1. The van der Waals surface area contributed by atoms with Gasteiger partial charge in [-0.1, -0.05) is 12.2 Å². The first-order valence-corrected chi connectivity index (χ1v) is 6.22. The van der Waals surface area contributed by atoms with Gasteiger partial charge in [0.25, 0.3) is 0 Å². The van der Waals surface area contributed by atoms with Crippen LogP contribution in [0.2, 0.25) is 0 Å². The lowest BCUT2D eigenvalue weighted by Crippen LogP contribution is -2.15. The molecule has 0 saturated carbocycles. The van der Waals surface area contributed by atoms with Crippen LogP contribution in [-0.2, 0) is 4.79 Å². The second kappa shape index (κ2) is 7.06. The van der Waals surface area contributed by atoms with E-state index in [4.69, 9.17) is 0 Å². The largest absolute Gasteiger partial charge is 0.323 e. The van der Waals surface area contributed by atoms with Crippen molar-refractivity contribution in [2.24, 2.45) is 0 Å². The summed E-state index contributed by atoms with van der Waals surface area (Å²) in [5, 5.41) is 2.33. The average Bonchev–Trinajstić information content (AvgIpc) is 2.29. The minimum Gasteiger partial charge on any atom is -0.323 e. The summed E-state index contributed by atoms with van der Waals surface area (Å²) in [6.45, 7) is 1.89. The molecule has 0 fully saturated rings. The molecule has 17 heavy (non-hydrogen) atoms. The van der Waals surface area contributed by atoms with Crippen LogP contribution in [0.3, 0.4) is 0 Å². The molecule has 1 N–H and O–H groups in total. The lowest BCUT2D eigenvalue weighted by atomic mass is 10.3. The summed E-state index contributed by atoms with van der Waals surface area (Å²) in [5.41, 5.74) is -0.123. The first kappa shape index (κ1) is 13.7. The second-order valence-corrected chi connectivity index (χ2v) is 4.29. The van der Waals surface area contributed by atoms with Gasteiger partial charge in [-0.2, -0.15) is 0 Å². The Morgan fingerprint density at radius 3 is 2.94 bits per heavy atom. The summed E-state index contributed by atoms with van der Waals surface area (Å²) in [5.74, 6) is -0.638. The van der Waals surface area contributed by atoms with E-state index in [-0.39, 0.29) is 17.3 Å². The van der Waals surface area contributed by atoms with Crippen molar-refractivity contribution in [2.45, 2.75) is 6.92 Å². The van der Waals surface area contributed by atoms with Gasteiger partial charge in [-0.25, -0.2) is 8.78 Å². The standard InChI is InChI=1S/C12H13F2NOS/c1-2-3-6-17-8-12(16)15-11-7-9(13)4-5-10(11)14/h2-5,7H,6,8H2,1H3,(H,15,16)/b3-2+. The van der Waals surface area contributed by atoms with Gasteiger partial charge in [0.2, 0.25) is 5.91 Å². The Hall–Kier alpha value is -1.36. The van der Waals surface area contributed by atoms with Gasteiger partial charge in [0, 0.05) is 11.8 Å². The van der Waals surface area contributed by atoms with E-state index in [1.54, 1.807) is 0 Å². The SMILES string of the molecule is C/C=C/CSCC(=O)Nc1cc(F)ccc1F. The van der Waals surface area contributed by atoms with Crippen molar-refractivity contribution in [2.75, 3.05) is 16.8 Å². The topological polar surface area (TPSA) is 29.1 Å². The highest BCUT2D eigenvalue weighted by Crippen LogP contribution is 2.15. The fraction of sp³-hybridized carbons (Fsp3) is 0.250. The summed E-state index contributed by atoms with van der Waals surface area (Å²) in [6, 6.07) is 2.95. The Balaban J connectivity index is 2.47. The zero-order valence-corrected chi connectivity index (χ0v) is 10.2. The molecule has 0 saturated heterocycles. The maximum absolute atomic E-state index is 13.2. The Morgan fingerprint density at radius 1 is 1.47 bits per heavy atom. The highest BCUT2D eigenvalue weighted by molar-refractivity contribution is 8.00. The molecule has 0 aliphatic heterocycles. The van der Waals surface area contributed by atoms with Crippen LogP contribution in [0.4, 0.5) is 14.5 Å². The normalized spacial score (nSPS) is 10.8. The van der Waals surface area contributed by atoms with Crippen LogP contribution in [-0.4, -0.2) is 17.4 Å². The first-order chi connectivity index (χ1) is 8.13. The van der Waals surface area contributed by atoms with E-state index in [0.29, 0.717) is 0 Å². The van der Waals surface area contributed by atoms with Crippen LogP contribution in [0.5, 0.6) is 0 Å². The number of carbonyl (C=O) groups is 1. The minimum atomic E-state index is -0.641. The molecule has 1 aromatic rings. The van der Waals surface area contributed by atoms with Crippen LogP contribution in [0.1, 0.15) is 6.92 Å². The molecule has 1 rings (SSSR count). The van der Waals surface area contributed by atoms with Crippen molar-refractivity contribution >= 4 is 23.4 Å². The molecule has 5 heteroatoms. The van der Waals surface area contributed by atoms with Crippen LogP contribution < -0.4 is 5.32 Å². The van der Waals surface area contributed by atoms with Crippen molar-refractivity contribution in [1.82, 2.24) is 0 Å². The fourth-order valence-electron chi connectivity index (χ4n) is 1.10. The molecule has 0 heterocycles. The van der Waals surface area contributed by atoms with E-state index in [9.17, 15) is 13.6 Å².